The van der Waals surface area contributed by atoms with Crippen molar-refractivity contribution in [2.24, 2.45) is 5.41 Å². The fourth-order valence-corrected chi connectivity index (χ4v) is 1.51. The molecule has 0 bridgehead atoms. The highest BCUT2D eigenvalue weighted by Crippen LogP contribution is 2.18. The predicted octanol–water partition coefficient (Wildman–Crippen LogP) is 0.776. The van der Waals surface area contributed by atoms with Gasteiger partial charge in [0.05, 0.1) is 20.3 Å². The van der Waals surface area contributed by atoms with Crippen LogP contribution in [-0.2, 0) is 6.54 Å². The standard InChI is InChI=1S/C13H21NO3/c1-13(9-15,10-16)8-14-7-11-5-3-4-6-12(11)17-2/h3-6,14-16H,7-10H2,1-2H3. The highest BCUT2D eigenvalue weighted by atomic mass is 16.5. The van der Waals surface area contributed by atoms with Crippen LogP contribution in [0.15, 0.2) is 24.3 Å². The van der Waals surface area contributed by atoms with Gasteiger partial charge in [0.15, 0.2) is 0 Å². The zero-order valence-corrected chi connectivity index (χ0v) is 10.4. The third kappa shape index (κ3) is 4.00. The number of nitrogens with one attached hydrogen (secondary N) is 1. The van der Waals surface area contributed by atoms with Gasteiger partial charge in [-0.25, -0.2) is 0 Å². The van der Waals surface area contributed by atoms with Crippen LogP contribution < -0.4 is 10.1 Å². The number of hydrogen-bond acceptors (Lipinski definition) is 4. The Morgan fingerprint density at radius 1 is 1.24 bits per heavy atom. The highest BCUT2D eigenvalue weighted by Gasteiger charge is 2.21. The quantitative estimate of drug-likeness (QED) is 0.658. The molecule has 0 spiro atoms. The summed E-state index contributed by atoms with van der Waals surface area (Å²) in [6.45, 7) is 2.96. The van der Waals surface area contributed by atoms with Crippen molar-refractivity contribution in [3.05, 3.63) is 29.8 Å². The van der Waals surface area contributed by atoms with Crippen molar-refractivity contribution in [3.8, 4) is 5.75 Å². The van der Waals surface area contributed by atoms with Gasteiger partial charge in [0.1, 0.15) is 5.75 Å². The molecular formula is C13H21NO3. The van der Waals surface area contributed by atoms with Gasteiger partial charge < -0.3 is 20.3 Å². The summed E-state index contributed by atoms with van der Waals surface area (Å²) in [4.78, 5) is 0. The number of benzene rings is 1. The lowest BCUT2D eigenvalue weighted by atomic mass is 9.93. The van der Waals surface area contributed by atoms with Crippen LogP contribution in [0.5, 0.6) is 5.75 Å². The smallest absolute Gasteiger partial charge is 0.123 e. The number of hydrogen-bond donors (Lipinski definition) is 3. The molecule has 0 aliphatic heterocycles. The normalized spacial score (nSPS) is 11.5. The van der Waals surface area contributed by atoms with Gasteiger partial charge in [-0.2, -0.15) is 0 Å². The third-order valence-corrected chi connectivity index (χ3v) is 2.82. The second kappa shape index (κ2) is 6.59. The minimum atomic E-state index is -0.484. The van der Waals surface area contributed by atoms with E-state index in [0.717, 1.165) is 11.3 Å². The molecule has 1 aromatic carbocycles. The number of para-hydroxylation sites is 1. The van der Waals surface area contributed by atoms with E-state index in [2.05, 4.69) is 5.32 Å². The Hall–Kier alpha value is -1.10. The van der Waals surface area contributed by atoms with E-state index in [4.69, 9.17) is 14.9 Å². The molecule has 17 heavy (non-hydrogen) atoms. The van der Waals surface area contributed by atoms with Crippen LogP contribution in [0.4, 0.5) is 0 Å². The Morgan fingerprint density at radius 2 is 1.88 bits per heavy atom. The second-order valence-corrected chi connectivity index (χ2v) is 4.54. The van der Waals surface area contributed by atoms with Gasteiger partial charge in [0, 0.05) is 24.1 Å². The van der Waals surface area contributed by atoms with Gasteiger partial charge in [0.2, 0.25) is 0 Å². The molecule has 1 rings (SSSR count). The highest BCUT2D eigenvalue weighted by molar-refractivity contribution is 5.32. The van der Waals surface area contributed by atoms with Crippen molar-refractivity contribution in [1.29, 1.82) is 0 Å². The Bertz CT molecular complexity index is 337. The largest absolute Gasteiger partial charge is 0.496 e. The molecule has 0 aromatic heterocycles. The molecule has 4 heteroatoms. The number of rotatable bonds is 7. The van der Waals surface area contributed by atoms with E-state index >= 15 is 0 Å². The average molecular weight is 239 g/mol. The molecule has 3 N–H and O–H groups in total. The van der Waals surface area contributed by atoms with E-state index in [0.29, 0.717) is 13.1 Å². The first-order valence-corrected chi connectivity index (χ1v) is 5.69. The zero-order valence-electron chi connectivity index (χ0n) is 10.4. The summed E-state index contributed by atoms with van der Waals surface area (Å²) < 4.78 is 5.24. The lowest BCUT2D eigenvalue weighted by Crippen LogP contribution is -2.37. The fraction of sp³-hybridized carbons (Fsp3) is 0.538. The molecule has 4 nitrogen and oxygen atoms in total. The van der Waals surface area contributed by atoms with Crippen molar-refractivity contribution in [2.75, 3.05) is 26.9 Å². The summed E-state index contributed by atoms with van der Waals surface area (Å²) in [6, 6.07) is 7.78. The molecule has 96 valence electrons. The summed E-state index contributed by atoms with van der Waals surface area (Å²) >= 11 is 0. The molecule has 0 saturated carbocycles. The van der Waals surface area contributed by atoms with E-state index in [1.165, 1.54) is 0 Å². The number of aliphatic hydroxyl groups is 2. The van der Waals surface area contributed by atoms with E-state index in [1.807, 2.05) is 31.2 Å². The first-order valence-electron chi connectivity index (χ1n) is 5.69. The summed E-state index contributed by atoms with van der Waals surface area (Å²) in [6.07, 6.45) is 0. The van der Waals surface area contributed by atoms with Crippen LogP contribution >= 0.6 is 0 Å². The second-order valence-electron chi connectivity index (χ2n) is 4.54. The summed E-state index contributed by atoms with van der Waals surface area (Å²) in [5, 5.41) is 21.5. The number of aliphatic hydroxyl groups excluding tert-OH is 2. The Balaban J connectivity index is 2.51. The predicted molar refractivity (Wildman–Crippen MR) is 67.0 cm³/mol. The minimum Gasteiger partial charge on any atom is -0.496 e. The maximum atomic E-state index is 9.16. The van der Waals surface area contributed by atoms with Gasteiger partial charge >= 0.3 is 0 Å². The van der Waals surface area contributed by atoms with Crippen LogP contribution in [-0.4, -0.2) is 37.1 Å². The molecule has 1 aromatic rings. The molecule has 0 amide bonds. The third-order valence-electron chi connectivity index (χ3n) is 2.82. The summed E-state index contributed by atoms with van der Waals surface area (Å²) in [5.74, 6) is 0.842. The van der Waals surface area contributed by atoms with E-state index < -0.39 is 5.41 Å². The molecule has 0 aliphatic carbocycles. The van der Waals surface area contributed by atoms with Gasteiger partial charge in [-0.1, -0.05) is 25.1 Å². The average Bonchev–Trinajstić information content (AvgIpc) is 2.39. The van der Waals surface area contributed by atoms with Gasteiger partial charge in [-0.3, -0.25) is 0 Å². The van der Waals surface area contributed by atoms with Crippen LogP contribution in [0.2, 0.25) is 0 Å². The fourth-order valence-electron chi connectivity index (χ4n) is 1.51. The van der Waals surface area contributed by atoms with Crippen LogP contribution in [0, 0.1) is 5.41 Å². The summed E-state index contributed by atoms with van der Waals surface area (Å²) in [5.41, 5.74) is 0.579. The lowest BCUT2D eigenvalue weighted by Gasteiger charge is -2.25. The van der Waals surface area contributed by atoms with Crippen molar-refractivity contribution in [3.63, 3.8) is 0 Å². The topological polar surface area (TPSA) is 61.7 Å². The SMILES string of the molecule is COc1ccccc1CNCC(C)(CO)CO. The monoisotopic (exact) mass is 239 g/mol. The van der Waals surface area contributed by atoms with Gasteiger partial charge in [-0.15, -0.1) is 0 Å². The molecule has 0 radical (unpaired) electrons. The maximum absolute atomic E-state index is 9.16. The number of ether oxygens (including phenoxy) is 1. The Kier molecular flexibility index (Phi) is 5.41. The van der Waals surface area contributed by atoms with E-state index in [9.17, 15) is 0 Å². The molecule has 0 unspecified atom stereocenters. The van der Waals surface area contributed by atoms with Gasteiger partial charge in [0.25, 0.3) is 0 Å². The van der Waals surface area contributed by atoms with Crippen molar-refractivity contribution >= 4 is 0 Å². The van der Waals surface area contributed by atoms with Crippen molar-refractivity contribution < 1.29 is 14.9 Å². The van der Waals surface area contributed by atoms with Crippen LogP contribution in [0.1, 0.15) is 12.5 Å². The minimum absolute atomic E-state index is 0.0393. The van der Waals surface area contributed by atoms with Crippen LogP contribution in [0.3, 0.4) is 0 Å². The molecule has 0 fully saturated rings. The summed E-state index contributed by atoms with van der Waals surface area (Å²) in [7, 11) is 1.64. The first-order chi connectivity index (χ1) is 8.15. The van der Waals surface area contributed by atoms with Gasteiger partial charge in [-0.05, 0) is 6.07 Å². The molecule has 0 aliphatic rings. The Labute approximate surface area is 102 Å². The Morgan fingerprint density at radius 3 is 2.47 bits per heavy atom. The van der Waals surface area contributed by atoms with Crippen molar-refractivity contribution in [1.82, 2.24) is 5.32 Å². The first kappa shape index (κ1) is 14.0. The lowest BCUT2D eigenvalue weighted by molar-refractivity contribution is 0.0695. The van der Waals surface area contributed by atoms with E-state index in [1.54, 1.807) is 7.11 Å². The maximum Gasteiger partial charge on any atom is 0.123 e. The number of methoxy groups -OCH3 is 1. The van der Waals surface area contributed by atoms with E-state index in [-0.39, 0.29) is 13.2 Å². The molecule has 0 heterocycles. The zero-order chi connectivity index (χ0) is 12.7. The molecule has 0 atom stereocenters. The molecular weight excluding hydrogens is 218 g/mol. The van der Waals surface area contributed by atoms with Crippen molar-refractivity contribution in [2.45, 2.75) is 13.5 Å². The molecule has 0 saturated heterocycles. The van der Waals surface area contributed by atoms with Crippen LogP contribution in [0.25, 0.3) is 0 Å².